The molecule has 2 nitrogen and oxygen atoms in total. The van der Waals surface area contributed by atoms with Crippen LogP contribution in [0, 0.1) is 37.0 Å². The van der Waals surface area contributed by atoms with Crippen LogP contribution in [0.4, 0.5) is 17.1 Å². The number of nitrogens with zero attached hydrogens (tertiary/aromatic N) is 2. The number of anilines is 3. The highest BCUT2D eigenvalue weighted by Crippen LogP contribution is 2.66. The molecule has 4 aliphatic carbocycles. The normalized spacial score (nSPS) is 26.8. The standard InChI is InChI=1S/C37H36N2/c1-26-3-13-33(14-4-26)39(34-15-5-27(2)6-16-34)35-17-11-32(12-18-35)37-22-29-19-30(23-37)21-36(20-29,25-37)31-9-7-28(24-38)8-10-31/h3-18,29-30H,19-23,25H2,1-2H3. The van der Waals surface area contributed by atoms with Crippen LogP contribution in [0.1, 0.15) is 66.3 Å². The second-order valence-corrected chi connectivity index (χ2v) is 12.8. The summed E-state index contributed by atoms with van der Waals surface area (Å²) in [5.41, 5.74) is 10.4. The maximum Gasteiger partial charge on any atom is 0.0991 e. The lowest BCUT2D eigenvalue weighted by molar-refractivity contribution is -0.0281. The van der Waals surface area contributed by atoms with Crippen LogP contribution in [-0.4, -0.2) is 0 Å². The fourth-order valence-electron chi connectivity index (χ4n) is 8.64. The van der Waals surface area contributed by atoms with E-state index in [2.05, 4.69) is 110 Å². The van der Waals surface area contributed by atoms with Crippen molar-refractivity contribution in [2.24, 2.45) is 11.8 Å². The Labute approximate surface area is 232 Å². The zero-order chi connectivity index (χ0) is 26.6. The zero-order valence-electron chi connectivity index (χ0n) is 23.0. The first kappa shape index (κ1) is 24.2. The first-order chi connectivity index (χ1) is 19.0. The maximum atomic E-state index is 9.33. The van der Waals surface area contributed by atoms with E-state index in [1.165, 1.54) is 77.8 Å². The third-order valence-electron chi connectivity index (χ3n) is 10.0. The van der Waals surface area contributed by atoms with Gasteiger partial charge < -0.3 is 4.90 Å². The molecule has 4 bridgehead atoms. The third kappa shape index (κ3) is 4.16. The van der Waals surface area contributed by atoms with Crippen molar-refractivity contribution in [3.8, 4) is 6.07 Å². The van der Waals surface area contributed by atoms with E-state index in [1.807, 2.05) is 12.1 Å². The average Bonchev–Trinajstić information content (AvgIpc) is 2.95. The first-order valence-electron chi connectivity index (χ1n) is 14.5. The predicted molar refractivity (Wildman–Crippen MR) is 160 cm³/mol. The molecule has 0 heterocycles. The molecule has 0 amide bonds. The number of rotatable bonds is 5. The van der Waals surface area contributed by atoms with Crippen molar-refractivity contribution in [3.63, 3.8) is 0 Å². The summed E-state index contributed by atoms with van der Waals surface area (Å²) in [6.45, 7) is 4.29. The Morgan fingerprint density at radius 1 is 0.590 bits per heavy atom. The molecule has 2 atom stereocenters. The number of benzene rings is 4. The van der Waals surface area contributed by atoms with Crippen molar-refractivity contribution in [1.82, 2.24) is 0 Å². The van der Waals surface area contributed by atoms with Gasteiger partial charge in [0, 0.05) is 17.1 Å². The summed E-state index contributed by atoms with van der Waals surface area (Å²) in [6, 6.07) is 38.1. The summed E-state index contributed by atoms with van der Waals surface area (Å²) >= 11 is 0. The van der Waals surface area contributed by atoms with Gasteiger partial charge in [0.05, 0.1) is 11.6 Å². The van der Waals surface area contributed by atoms with Crippen molar-refractivity contribution < 1.29 is 0 Å². The Bertz CT molecular complexity index is 1460. The number of nitriles is 1. The van der Waals surface area contributed by atoms with Gasteiger partial charge in [-0.05, 0) is 135 Å². The molecule has 8 rings (SSSR count). The van der Waals surface area contributed by atoms with Crippen LogP contribution in [-0.2, 0) is 10.8 Å². The van der Waals surface area contributed by atoms with Gasteiger partial charge in [-0.15, -0.1) is 0 Å². The minimum atomic E-state index is 0.257. The minimum Gasteiger partial charge on any atom is -0.311 e. The fourth-order valence-corrected chi connectivity index (χ4v) is 8.64. The summed E-state index contributed by atoms with van der Waals surface area (Å²) in [5.74, 6) is 1.61. The monoisotopic (exact) mass is 508 g/mol. The summed E-state index contributed by atoms with van der Waals surface area (Å²) in [4.78, 5) is 2.38. The molecule has 4 aromatic rings. The Morgan fingerprint density at radius 2 is 0.974 bits per heavy atom. The van der Waals surface area contributed by atoms with Gasteiger partial charge in [-0.3, -0.25) is 0 Å². The van der Waals surface area contributed by atoms with E-state index in [4.69, 9.17) is 0 Å². The van der Waals surface area contributed by atoms with Crippen molar-refractivity contribution in [3.05, 3.63) is 125 Å². The molecule has 0 aromatic heterocycles. The minimum absolute atomic E-state index is 0.257. The van der Waals surface area contributed by atoms with Crippen molar-refractivity contribution in [1.29, 1.82) is 5.26 Å². The van der Waals surface area contributed by atoms with Crippen LogP contribution in [0.2, 0.25) is 0 Å². The van der Waals surface area contributed by atoms with E-state index in [-0.39, 0.29) is 10.8 Å². The van der Waals surface area contributed by atoms with Gasteiger partial charge >= 0.3 is 0 Å². The van der Waals surface area contributed by atoms with Crippen LogP contribution in [0.5, 0.6) is 0 Å². The van der Waals surface area contributed by atoms with Gasteiger partial charge in [-0.1, -0.05) is 59.7 Å². The topological polar surface area (TPSA) is 27.0 Å². The Balaban J connectivity index is 1.25. The fraction of sp³-hybridized carbons (Fsp3) is 0.324. The van der Waals surface area contributed by atoms with Crippen molar-refractivity contribution in [2.45, 2.75) is 63.2 Å². The zero-order valence-corrected chi connectivity index (χ0v) is 23.0. The van der Waals surface area contributed by atoms with E-state index in [1.54, 1.807) is 0 Å². The van der Waals surface area contributed by atoms with E-state index >= 15 is 0 Å². The van der Waals surface area contributed by atoms with Gasteiger partial charge in [-0.25, -0.2) is 0 Å². The first-order valence-corrected chi connectivity index (χ1v) is 14.5. The SMILES string of the molecule is Cc1ccc(N(c2ccc(C)cc2)c2ccc(C34CC5CC(CC(c6ccc(C#N)cc6)(C5)C3)C4)cc2)cc1. The molecular formula is C37H36N2. The molecule has 4 aliphatic rings. The summed E-state index contributed by atoms with van der Waals surface area (Å²) in [7, 11) is 0. The summed E-state index contributed by atoms with van der Waals surface area (Å²) in [5, 5.41) is 9.33. The second kappa shape index (κ2) is 9.13. The van der Waals surface area contributed by atoms with Gasteiger partial charge in [0.25, 0.3) is 0 Å². The molecular weight excluding hydrogens is 472 g/mol. The van der Waals surface area contributed by atoms with E-state index in [9.17, 15) is 5.26 Å². The van der Waals surface area contributed by atoms with Gasteiger partial charge in [0.1, 0.15) is 0 Å². The molecule has 0 aliphatic heterocycles. The van der Waals surface area contributed by atoms with Crippen LogP contribution in [0.15, 0.2) is 97.1 Å². The highest BCUT2D eigenvalue weighted by Gasteiger charge is 2.58. The molecule has 0 saturated heterocycles. The molecule has 39 heavy (non-hydrogen) atoms. The molecule has 0 radical (unpaired) electrons. The quantitative estimate of drug-likeness (QED) is 0.268. The predicted octanol–water partition coefficient (Wildman–Crippen LogP) is 9.43. The number of hydrogen-bond donors (Lipinski definition) is 0. The molecule has 0 spiro atoms. The number of hydrogen-bond acceptors (Lipinski definition) is 2. The molecule has 4 saturated carbocycles. The summed E-state index contributed by atoms with van der Waals surface area (Å²) < 4.78 is 0. The maximum absolute atomic E-state index is 9.33. The highest BCUT2D eigenvalue weighted by atomic mass is 15.1. The highest BCUT2D eigenvalue weighted by molar-refractivity contribution is 5.76. The Morgan fingerprint density at radius 3 is 1.38 bits per heavy atom. The Kier molecular flexibility index (Phi) is 5.67. The molecule has 0 N–H and O–H groups in total. The van der Waals surface area contributed by atoms with Crippen LogP contribution < -0.4 is 4.90 Å². The van der Waals surface area contributed by atoms with E-state index in [0.29, 0.717) is 0 Å². The van der Waals surface area contributed by atoms with Gasteiger partial charge in [0.15, 0.2) is 0 Å². The van der Waals surface area contributed by atoms with E-state index < -0.39 is 0 Å². The van der Waals surface area contributed by atoms with E-state index in [0.717, 1.165) is 17.4 Å². The average molecular weight is 509 g/mol. The molecule has 2 heteroatoms. The smallest absolute Gasteiger partial charge is 0.0991 e. The van der Waals surface area contributed by atoms with Crippen LogP contribution in [0.25, 0.3) is 0 Å². The van der Waals surface area contributed by atoms with Gasteiger partial charge in [-0.2, -0.15) is 5.26 Å². The molecule has 2 unspecified atom stereocenters. The number of aryl methyl sites for hydroxylation is 2. The molecule has 194 valence electrons. The van der Waals surface area contributed by atoms with Crippen LogP contribution >= 0.6 is 0 Å². The lowest BCUT2D eigenvalue weighted by Gasteiger charge is -2.63. The van der Waals surface area contributed by atoms with Gasteiger partial charge in [0.2, 0.25) is 0 Å². The lowest BCUT2D eigenvalue weighted by Crippen LogP contribution is -2.55. The van der Waals surface area contributed by atoms with Crippen LogP contribution in [0.3, 0.4) is 0 Å². The summed E-state index contributed by atoms with van der Waals surface area (Å²) in [6.07, 6.45) is 7.89. The Hall–Kier alpha value is -3.83. The second-order valence-electron chi connectivity index (χ2n) is 12.8. The largest absolute Gasteiger partial charge is 0.311 e. The van der Waals surface area contributed by atoms with Crippen molar-refractivity contribution >= 4 is 17.1 Å². The molecule has 4 fully saturated rings. The third-order valence-corrected chi connectivity index (χ3v) is 10.0. The molecule has 4 aromatic carbocycles. The lowest BCUT2D eigenvalue weighted by atomic mass is 9.42. The van der Waals surface area contributed by atoms with Crippen molar-refractivity contribution in [2.75, 3.05) is 4.90 Å².